The van der Waals surface area contributed by atoms with E-state index >= 15 is 0 Å². The van der Waals surface area contributed by atoms with Gasteiger partial charge in [0.2, 0.25) is 0 Å². The second-order valence-electron chi connectivity index (χ2n) is 4.15. The summed E-state index contributed by atoms with van der Waals surface area (Å²) in [5.74, 6) is 0.347. The van der Waals surface area contributed by atoms with Gasteiger partial charge in [0.25, 0.3) is 0 Å². The van der Waals surface area contributed by atoms with Crippen LogP contribution in [0.25, 0.3) is 0 Å². The molecule has 0 aliphatic heterocycles. The molecule has 0 bridgehead atoms. The molecule has 96 valence electrons. The van der Waals surface area contributed by atoms with Crippen LogP contribution in [0.5, 0.6) is 11.5 Å². The van der Waals surface area contributed by atoms with E-state index in [4.69, 9.17) is 4.74 Å². The topological polar surface area (TPSA) is 39.1 Å². The summed E-state index contributed by atoms with van der Waals surface area (Å²) in [7, 11) is 3.61. The first-order valence-corrected chi connectivity index (χ1v) is 5.73. The van der Waals surface area contributed by atoms with E-state index in [0.717, 1.165) is 5.56 Å². The van der Waals surface area contributed by atoms with Gasteiger partial charge in [-0.25, -0.2) is 4.39 Å². The Morgan fingerprint density at radius 1 is 1.44 bits per heavy atom. The fraction of sp³-hybridized carbons (Fsp3) is 0.308. The number of rotatable bonds is 4. The molecule has 1 heterocycles. The minimum absolute atomic E-state index is 0.104. The van der Waals surface area contributed by atoms with Crippen LogP contribution in [0.4, 0.5) is 4.39 Å². The summed E-state index contributed by atoms with van der Waals surface area (Å²) in [6.07, 6.45) is 3.23. The summed E-state index contributed by atoms with van der Waals surface area (Å²) < 4.78 is 20.9. The van der Waals surface area contributed by atoms with Gasteiger partial charge in [-0.1, -0.05) is 6.07 Å². The van der Waals surface area contributed by atoms with E-state index in [1.54, 1.807) is 30.2 Å². The summed E-state index contributed by atoms with van der Waals surface area (Å²) in [4.78, 5) is 0. The molecule has 0 amide bonds. The summed E-state index contributed by atoms with van der Waals surface area (Å²) in [6.45, 7) is 1.97. The lowest BCUT2D eigenvalue weighted by atomic mass is 10.1. The molecule has 5 heteroatoms. The predicted octanol–water partition coefficient (Wildman–Crippen LogP) is 2.63. The van der Waals surface area contributed by atoms with E-state index in [0.29, 0.717) is 5.75 Å². The lowest BCUT2D eigenvalue weighted by Gasteiger charge is -2.12. The van der Waals surface area contributed by atoms with Gasteiger partial charge < -0.3 is 10.1 Å². The number of nitrogens with zero attached hydrogens (tertiary/aromatic N) is 2. The van der Waals surface area contributed by atoms with E-state index in [1.807, 2.05) is 20.0 Å². The highest BCUT2D eigenvalue weighted by Crippen LogP contribution is 2.26. The van der Waals surface area contributed by atoms with E-state index < -0.39 is 0 Å². The minimum atomic E-state index is -0.376. The minimum Gasteiger partial charge on any atom is -0.451 e. The Kier molecular flexibility index (Phi) is 3.62. The van der Waals surface area contributed by atoms with Crippen LogP contribution >= 0.6 is 0 Å². The Labute approximate surface area is 105 Å². The molecule has 0 aliphatic carbocycles. The van der Waals surface area contributed by atoms with Gasteiger partial charge in [-0.3, -0.25) is 4.68 Å². The number of hydrogen-bond donors (Lipinski definition) is 1. The highest BCUT2D eigenvalue weighted by molar-refractivity contribution is 5.34. The van der Waals surface area contributed by atoms with Gasteiger partial charge in [-0.2, -0.15) is 5.10 Å². The molecule has 0 radical (unpaired) electrons. The van der Waals surface area contributed by atoms with Crippen molar-refractivity contribution in [2.24, 2.45) is 7.05 Å². The molecule has 1 atom stereocenters. The number of benzene rings is 1. The summed E-state index contributed by atoms with van der Waals surface area (Å²) in [5.41, 5.74) is 0.883. The molecule has 2 aromatic rings. The van der Waals surface area contributed by atoms with E-state index in [-0.39, 0.29) is 17.6 Å². The van der Waals surface area contributed by atoms with Crippen molar-refractivity contribution in [3.05, 3.63) is 42.0 Å². The lowest BCUT2D eigenvalue weighted by molar-refractivity contribution is 0.440. The Hall–Kier alpha value is -1.88. The molecule has 1 aromatic heterocycles. The van der Waals surface area contributed by atoms with Gasteiger partial charge in [-0.05, 0) is 31.7 Å². The molecule has 0 aliphatic rings. The third kappa shape index (κ3) is 2.68. The average Bonchev–Trinajstić information content (AvgIpc) is 2.76. The van der Waals surface area contributed by atoms with Crippen LogP contribution in [0.1, 0.15) is 18.5 Å². The SMILES string of the molecule is CNC(C)c1ccc(Oc2cnn(C)c2)c(F)c1. The normalized spacial score (nSPS) is 12.4. The van der Waals surface area contributed by atoms with Crippen molar-refractivity contribution in [1.29, 1.82) is 0 Å². The second kappa shape index (κ2) is 5.18. The van der Waals surface area contributed by atoms with Crippen LogP contribution in [0.2, 0.25) is 0 Å². The van der Waals surface area contributed by atoms with Crippen molar-refractivity contribution in [3.63, 3.8) is 0 Å². The number of hydrogen-bond acceptors (Lipinski definition) is 3. The number of aromatic nitrogens is 2. The van der Waals surface area contributed by atoms with Crippen molar-refractivity contribution in [2.45, 2.75) is 13.0 Å². The van der Waals surface area contributed by atoms with Crippen LogP contribution in [-0.2, 0) is 7.05 Å². The zero-order valence-corrected chi connectivity index (χ0v) is 10.6. The van der Waals surface area contributed by atoms with Gasteiger partial charge in [0.1, 0.15) is 0 Å². The summed E-state index contributed by atoms with van der Waals surface area (Å²) in [6, 6.07) is 5.06. The Morgan fingerprint density at radius 2 is 2.22 bits per heavy atom. The number of ether oxygens (including phenoxy) is 1. The average molecular weight is 249 g/mol. The number of halogens is 1. The van der Waals surface area contributed by atoms with Crippen molar-refractivity contribution in [3.8, 4) is 11.5 Å². The van der Waals surface area contributed by atoms with Crippen molar-refractivity contribution < 1.29 is 9.13 Å². The molecule has 1 aromatic carbocycles. The van der Waals surface area contributed by atoms with Crippen molar-refractivity contribution in [1.82, 2.24) is 15.1 Å². The number of aryl methyl sites for hydroxylation is 1. The van der Waals surface area contributed by atoms with Crippen LogP contribution in [0.15, 0.2) is 30.6 Å². The van der Waals surface area contributed by atoms with Crippen LogP contribution in [-0.4, -0.2) is 16.8 Å². The zero-order chi connectivity index (χ0) is 13.1. The second-order valence-corrected chi connectivity index (χ2v) is 4.15. The maximum Gasteiger partial charge on any atom is 0.166 e. The Morgan fingerprint density at radius 3 is 2.78 bits per heavy atom. The maximum absolute atomic E-state index is 13.9. The van der Waals surface area contributed by atoms with Gasteiger partial charge in [0.15, 0.2) is 17.3 Å². The largest absolute Gasteiger partial charge is 0.451 e. The molecule has 4 nitrogen and oxygen atoms in total. The third-order valence-electron chi connectivity index (χ3n) is 2.80. The van der Waals surface area contributed by atoms with E-state index in [1.165, 1.54) is 6.07 Å². The van der Waals surface area contributed by atoms with Crippen LogP contribution in [0.3, 0.4) is 0 Å². The molecule has 0 saturated heterocycles. The number of nitrogens with one attached hydrogen (secondary N) is 1. The molecule has 18 heavy (non-hydrogen) atoms. The molecule has 2 rings (SSSR count). The van der Waals surface area contributed by atoms with Gasteiger partial charge in [-0.15, -0.1) is 0 Å². The summed E-state index contributed by atoms with van der Waals surface area (Å²) in [5, 5.41) is 7.02. The monoisotopic (exact) mass is 249 g/mol. The maximum atomic E-state index is 13.9. The van der Waals surface area contributed by atoms with Crippen molar-refractivity contribution >= 4 is 0 Å². The lowest BCUT2D eigenvalue weighted by Crippen LogP contribution is -2.12. The predicted molar refractivity (Wildman–Crippen MR) is 67.2 cm³/mol. The molecule has 1 N–H and O–H groups in total. The van der Waals surface area contributed by atoms with Crippen LogP contribution in [0, 0.1) is 5.82 Å². The highest BCUT2D eigenvalue weighted by Gasteiger charge is 2.10. The summed E-state index contributed by atoms with van der Waals surface area (Å²) >= 11 is 0. The van der Waals surface area contributed by atoms with E-state index in [2.05, 4.69) is 10.4 Å². The quantitative estimate of drug-likeness (QED) is 0.905. The van der Waals surface area contributed by atoms with Gasteiger partial charge >= 0.3 is 0 Å². The zero-order valence-electron chi connectivity index (χ0n) is 10.6. The highest BCUT2D eigenvalue weighted by atomic mass is 19.1. The van der Waals surface area contributed by atoms with E-state index in [9.17, 15) is 4.39 Å². The molecule has 0 saturated carbocycles. The molecular weight excluding hydrogens is 233 g/mol. The Bertz CT molecular complexity index is 539. The molecular formula is C13H16FN3O. The van der Waals surface area contributed by atoms with Gasteiger partial charge in [0, 0.05) is 13.1 Å². The molecule has 0 fully saturated rings. The van der Waals surface area contributed by atoms with Crippen molar-refractivity contribution in [2.75, 3.05) is 7.05 Å². The van der Waals surface area contributed by atoms with Crippen LogP contribution < -0.4 is 10.1 Å². The fourth-order valence-corrected chi connectivity index (χ4v) is 1.61. The third-order valence-corrected chi connectivity index (χ3v) is 2.80. The smallest absolute Gasteiger partial charge is 0.166 e. The first kappa shape index (κ1) is 12.6. The first-order chi connectivity index (χ1) is 8.60. The Balaban J connectivity index is 2.19. The molecule has 0 spiro atoms. The fourth-order valence-electron chi connectivity index (χ4n) is 1.61. The molecule has 1 unspecified atom stereocenters. The standard InChI is InChI=1S/C13H16FN3O/c1-9(15-2)10-4-5-13(12(14)6-10)18-11-7-16-17(3)8-11/h4-9,15H,1-3H3. The first-order valence-electron chi connectivity index (χ1n) is 5.73. The van der Waals surface area contributed by atoms with Gasteiger partial charge in [0.05, 0.1) is 12.4 Å².